The lowest BCUT2D eigenvalue weighted by Gasteiger charge is -2.32. The predicted octanol–water partition coefficient (Wildman–Crippen LogP) is 2.25. The lowest BCUT2D eigenvalue weighted by Crippen LogP contribution is -2.38. The smallest absolute Gasteiger partial charge is 0.322 e. The number of nitrogens with one attached hydrogen (secondary N) is 1. The summed E-state index contributed by atoms with van der Waals surface area (Å²) in [6, 6.07) is 18.3. The average molecular weight is 327 g/mol. The zero-order valence-corrected chi connectivity index (χ0v) is 13.8. The van der Waals surface area contributed by atoms with E-state index in [0.717, 1.165) is 6.29 Å². The van der Waals surface area contributed by atoms with Crippen LogP contribution in [0.15, 0.2) is 60.7 Å². The van der Waals surface area contributed by atoms with Gasteiger partial charge in [0.05, 0.1) is 6.54 Å². The third-order valence-electron chi connectivity index (χ3n) is 3.54. The zero-order chi connectivity index (χ0) is 17.4. The van der Waals surface area contributed by atoms with Gasteiger partial charge in [-0.05, 0) is 25.1 Å². The summed E-state index contributed by atoms with van der Waals surface area (Å²) in [5.74, 6) is -0.453. The van der Waals surface area contributed by atoms with E-state index in [1.165, 1.54) is 0 Å². The number of esters is 1. The van der Waals surface area contributed by atoms with Gasteiger partial charge in [0.2, 0.25) is 6.29 Å². The fourth-order valence-corrected chi connectivity index (χ4v) is 2.50. The SMILES string of the molecule is CNCC(=O)OC(C)OC(C=O)(c1ccccc1)c1ccccc1. The Morgan fingerprint density at radius 3 is 2.00 bits per heavy atom. The molecular weight excluding hydrogens is 306 g/mol. The Bertz CT molecular complexity index is 618. The van der Waals surface area contributed by atoms with Crippen LogP contribution in [0.1, 0.15) is 18.1 Å². The molecule has 0 heterocycles. The molecule has 1 unspecified atom stereocenters. The highest BCUT2D eigenvalue weighted by Gasteiger charge is 2.37. The molecule has 0 aliphatic carbocycles. The van der Waals surface area contributed by atoms with Crippen molar-refractivity contribution in [1.29, 1.82) is 0 Å². The van der Waals surface area contributed by atoms with Gasteiger partial charge in [0.15, 0.2) is 11.9 Å². The number of likely N-dealkylation sites (N-methyl/N-ethyl adjacent to an activating group) is 1. The Balaban J connectivity index is 2.36. The Labute approximate surface area is 141 Å². The molecule has 0 radical (unpaired) electrons. The van der Waals surface area contributed by atoms with Crippen molar-refractivity contribution in [2.24, 2.45) is 0 Å². The summed E-state index contributed by atoms with van der Waals surface area (Å²) in [6.07, 6.45) is -0.156. The van der Waals surface area contributed by atoms with Gasteiger partial charge in [0.25, 0.3) is 0 Å². The number of carbonyl (C=O) groups excluding carboxylic acids is 2. The third kappa shape index (κ3) is 4.07. The zero-order valence-electron chi connectivity index (χ0n) is 13.8. The molecule has 126 valence electrons. The van der Waals surface area contributed by atoms with Gasteiger partial charge in [-0.1, -0.05) is 60.7 Å². The lowest BCUT2D eigenvalue weighted by atomic mass is 9.87. The predicted molar refractivity (Wildman–Crippen MR) is 90.3 cm³/mol. The summed E-state index contributed by atoms with van der Waals surface area (Å²) in [5.41, 5.74) is -0.00702. The summed E-state index contributed by atoms with van der Waals surface area (Å²) in [6.45, 7) is 1.66. The number of ether oxygens (including phenoxy) is 2. The topological polar surface area (TPSA) is 64.6 Å². The second-order valence-electron chi connectivity index (χ2n) is 5.29. The van der Waals surface area contributed by atoms with Crippen LogP contribution in [-0.4, -0.2) is 32.1 Å². The van der Waals surface area contributed by atoms with Gasteiger partial charge in [-0.15, -0.1) is 0 Å². The first-order valence-corrected chi connectivity index (χ1v) is 7.71. The van der Waals surface area contributed by atoms with Crippen LogP contribution in [0, 0.1) is 0 Å². The molecule has 0 saturated carbocycles. The van der Waals surface area contributed by atoms with E-state index in [2.05, 4.69) is 5.32 Å². The molecule has 5 nitrogen and oxygen atoms in total. The van der Waals surface area contributed by atoms with Crippen LogP contribution in [0.5, 0.6) is 0 Å². The van der Waals surface area contributed by atoms with Crippen LogP contribution in [0.2, 0.25) is 0 Å². The summed E-state index contributed by atoms with van der Waals surface area (Å²) in [4.78, 5) is 23.7. The molecule has 0 saturated heterocycles. The van der Waals surface area contributed by atoms with E-state index in [4.69, 9.17) is 9.47 Å². The van der Waals surface area contributed by atoms with Gasteiger partial charge < -0.3 is 14.8 Å². The molecular formula is C19H21NO4. The van der Waals surface area contributed by atoms with Crippen LogP contribution >= 0.6 is 0 Å². The standard InChI is InChI=1S/C19H21NO4/c1-15(23-18(22)13-20-2)24-19(14-21,16-9-5-3-6-10-16)17-11-7-4-8-12-17/h3-12,14-15,20H,13H2,1-2H3. The van der Waals surface area contributed by atoms with Crippen molar-refractivity contribution in [1.82, 2.24) is 5.32 Å². The van der Waals surface area contributed by atoms with Gasteiger partial charge in [0.1, 0.15) is 0 Å². The summed E-state index contributed by atoms with van der Waals surface area (Å²) in [5, 5.41) is 2.71. The maximum atomic E-state index is 12.1. The second-order valence-corrected chi connectivity index (χ2v) is 5.29. The summed E-state index contributed by atoms with van der Waals surface area (Å²) in [7, 11) is 1.65. The van der Waals surface area contributed by atoms with Crippen molar-refractivity contribution in [2.75, 3.05) is 13.6 Å². The minimum atomic E-state index is -1.35. The molecule has 0 spiro atoms. The van der Waals surface area contributed by atoms with E-state index in [0.29, 0.717) is 11.1 Å². The molecule has 0 bridgehead atoms. The van der Waals surface area contributed by atoms with Crippen molar-refractivity contribution < 1.29 is 19.1 Å². The molecule has 0 aromatic heterocycles. The molecule has 2 rings (SSSR count). The molecule has 0 aliphatic rings. The van der Waals surface area contributed by atoms with E-state index >= 15 is 0 Å². The number of rotatable bonds is 8. The normalized spacial score (nSPS) is 12.4. The van der Waals surface area contributed by atoms with Crippen LogP contribution < -0.4 is 5.32 Å². The molecule has 1 atom stereocenters. The Morgan fingerprint density at radius 1 is 1.08 bits per heavy atom. The summed E-state index contributed by atoms with van der Waals surface area (Å²) >= 11 is 0. The quantitative estimate of drug-likeness (QED) is 0.458. The minimum absolute atomic E-state index is 0.0679. The maximum Gasteiger partial charge on any atom is 0.322 e. The monoisotopic (exact) mass is 327 g/mol. The fourth-order valence-electron chi connectivity index (χ4n) is 2.50. The summed E-state index contributed by atoms with van der Waals surface area (Å²) < 4.78 is 11.1. The fraction of sp³-hybridized carbons (Fsp3) is 0.263. The van der Waals surface area contributed by atoms with E-state index in [1.807, 2.05) is 60.7 Å². The van der Waals surface area contributed by atoms with E-state index in [9.17, 15) is 9.59 Å². The number of benzene rings is 2. The number of hydrogen-bond acceptors (Lipinski definition) is 5. The van der Waals surface area contributed by atoms with Gasteiger partial charge in [-0.25, -0.2) is 0 Å². The Kier molecular flexibility index (Phi) is 6.23. The first-order valence-electron chi connectivity index (χ1n) is 7.71. The van der Waals surface area contributed by atoms with Gasteiger partial charge >= 0.3 is 5.97 Å². The Hall–Kier alpha value is -2.50. The van der Waals surface area contributed by atoms with Gasteiger partial charge in [-0.3, -0.25) is 9.59 Å². The van der Waals surface area contributed by atoms with E-state index in [1.54, 1.807) is 14.0 Å². The first-order chi connectivity index (χ1) is 11.6. The average Bonchev–Trinajstić information content (AvgIpc) is 2.61. The van der Waals surface area contributed by atoms with E-state index < -0.39 is 17.9 Å². The maximum absolute atomic E-state index is 12.1. The van der Waals surface area contributed by atoms with Crippen molar-refractivity contribution in [2.45, 2.75) is 18.8 Å². The highest BCUT2D eigenvalue weighted by molar-refractivity contribution is 5.73. The molecule has 5 heteroatoms. The number of hydrogen-bond donors (Lipinski definition) is 1. The highest BCUT2D eigenvalue weighted by atomic mass is 16.7. The highest BCUT2D eigenvalue weighted by Crippen LogP contribution is 2.33. The minimum Gasteiger partial charge on any atom is -0.435 e. The first kappa shape index (κ1) is 17.8. The lowest BCUT2D eigenvalue weighted by molar-refractivity contribution is -0.198. The molecule has 2 aromatic carbocycles. The number of aldehydes is 1. The van der Waals surface area contributed by atoms with Crippen LogP contribution in [0.25, 0.3) is 0 Å². The van der Waals surface area contributed by atoms with Crippen LogP contribution in [0.3, 0.4) is 0 Å². The van der Waals surface area contributed by atoms with Crippen molar-refractivity contribution in [3.05, 3.63) is 71.8 Å². The van der Waals surface area contributed by atoms with Crippen LogP contribution in [-0.2, 0) is 24.7 Å². The van der Waals surface area contributed by atoms with Gasteiger partial charge in [-0.2, -0.15) is 0 Å². The number of carbonyl (C=O) groups is 2. The van der Waals surface area contributed by atoms with Crippen molar-refractivity contribution in [3.8, 4) is 0 Å². The second kappa shape index (κ2) is 8.38. The van der Waals surface area contributed by atoms with Gasteiger partial charge in [0, 0.05) is 0 Å². The van der Waals surface area contributed by atoms with E-state index in [-0.39, 0.29) is 6.54 Å². The molecule has 24 heavy (non-hydrogen) atoms. The largest absolute Gasteiger partial charge is 0.435 e. The molecule has 2 aromatic rings. The molecule has 1 N–H and O–H groups in total. The van der Waals surface area contributed by atoms with Crippen molar-refractivity contribution >= 4 is 12.3 Å². The Morgan fingerprint density at radius 2 is 1.58 bits per heavy atom. The van der Waals surface area contributed by atoms with Crippen molar-refractivity contribution in [3.63, 3.8) is 0 Å². The molecule has 0 amide bonds. The third-order valence-corrected chi connectivity index (χ3v) is 3.54. The van der Waals surface area contributed by atoms with Crippen LogP contribution in [0.4, 0.5) is 0 Å². The molecule has 0 aliphatic heterocycles. The molecule has 0 fully saturated rings.